The molecule has 1 aliphatic heterocycles. The van der Waals surface area contributed by atoms with E-state index in [1.807, 2.05) is 0 Å². The van der Waals surface area contributed by atoms with Gasteiger partial charge in [-0.2, -0.15) is 0 Å². The number of piperazine rings is 1. The number of amides is 2. The minimum absolute atomic E-state index is 0.0683. The minimum atomic E-state index is -0.326. The molecule has 0 aliphatic carbocycles. The molecular weight excluding hydrogens is 359 g/mol. The Morgan fingerprint density at radius 1 is 0.929 bits per heavy atom. The van der Waals surface area contributed by atoms with E-state index in [1.54, 1.807) is 12.1 Å². The van der Waals surface area contributed by atoms with Gasteiger partial charge in [0.1, 0.15) is 5.82 Å². The van der Waals surface area contributed by atoms with E-state index in [4.69, 9.17) is 0 Å². The fourth-order valence-electron chi connectivity index (χ4n) is 3.22. The highest BCUT2D eigenvalue weighted by molar-refractivity contribution is 5.92. The number of benzene rings is 1. The zero-order chi connectivity index (χ0) is 20.5. The van der Waals surface area contributed by atoms with E-state index in [-0.39, 0.29) is 23.7 Å². The van der Waals surface area contributed by atoms with E-state index in [2.05, 4.69) is 41.2 Å². The lowest BCUT2D eigenvalue weighted by molar-refractivity contribution is -0.124. The molecule has 0 aromatic heterocycles. The molecule has 1 atom stereocenters. The minimum Gasteiger partial charge on any atom is -0.353 e. The van der Waals surface area contributed by atoms with Crippen molar-refractivity contribution in [2.24, 2.45) is 5.92 Å². The van der Waals surface area contributed by atoms with Crippen molar-refractivity contribution in [1.29, 1.82) is 0 Å². The third kappa shape index (κ3) is 8.35. The van der Waals surface area contributed by atoms with Gasteiger partial charge in [-0.3, -0.25) is 19.4 Å². The Labute approximate surface area is 167 Å². The van der Waals surface area contributed by atoms with Gasteiger partial charge in [-0.15, -0.1) is 0 Å². The molecule has 7 heteroatoms. The molecule has 2 amide bonds. The molecule has 156 valence electrons. The first kappa shape index (κ1) is 22.3. The summed E-state index contributed by atoms with van der Waals surface area (Å²) in [6.45, 7) is 10.1. The molecule has 0 bridgehead atoms. The summed E-state index contributed by atoms with van der Waals surface area (Å²) >= 11 is 0. The lowest BCUT2D eigenvalue weighted by Gasteiger charge is -2.34. The molecule has 1 aliphatic rings. The Hall–Kier alpha value is -1.99. The smallest absolute Gasteiger partial charge is 0.238 e. The normalized spacial score (nSPS) is 16.8. The van der Waals surface area contributed by atoms with Crippen LogP contribution in [0.5, 0.6) is 0 Å². The van der Waals surface area contributed by atoms with Crippen molar-refractivity contribution in [3.63, 3.8) is 0 Å². The number of hydrogen-bond acceptors (Lipinski definition) is 4. The average molecular weight is 393 g/mol. The van der Waals surface area contributed by atoms with Crippen LogP contribution in [0.1, 0.15) is 33.6 Å². The van der Waals surface area contributed by atoms with Crippen LogP contribution in [0.3, 0.4) is 0 Å². The van der Waals surface area contributed by atoms with Crippen molar-refractivity contribution in [1.82, 2.24) is 15.1 Å². The summed E-state index contributed by atoms with van der Waals surface area (Å²) in [5, 5.41) is 5.85. The molecule has 1 heterocycles. The van der Waals surface area contributed by atoms with E-state index in [1.165, 1.54) is 12.1 Å². The van der Waals surface area contributed by atoms with Gasteiger partial charge in [0.2, 0.25) is 11.8 Å². The van der Waals surface area contributed by atoms with Crippen LogP contribution in [0.4, 0.5) is 10.1 Å². The quantitative estimate of drug-likeness (QED) is 0.677. The fraction of sp³-hybridized carbons (Fsp3) is 0.619. The lowest BCUT2D eigenvalue weighted by Crippen LogP contribution is -2.51. The van der Waals surface area contributed by atoms with Gasteiger partial charge in [0.25, 0.3) is 0 Å². The monoisotopic (exact) mass is 392 g/mol. The largest absolute Gasteiger partial charge is 0.353 e. The molecule has 0 radical (unpaired) electrons. The standard InChI is InChI=1S/C21H33FN4O2/c1-16(2)4-5-17(3)23-20(27)14-25-10-12-26(13-11-25)15-21(28)24-19-8-6-18(22)7-9-19/h6-9,16-17H,4-5,10-15H2,1-3H3,(H,23,27)(H,24,28)/t17-/m1/s1. The van der Waals surface area contributed by atoms with E-state index >= 15 is 0 Å². The second-order valence-electron chi connectivity index (χ2n) is 8.05. The number of anilines is 1. The van der Waals surface area contributed by atoms with Crippen molar-refractivity contribution in [3.8, 4) is 0 Å². The summed E-state index contributed by atoms with van der Waals surface area (Å²) in [4.78, 5) is 28.5. The van der Waals surface area contributed by atoms with Gasteiger partial charge >= 0.3 is 0 Å². The first-order chi connectivity index (χ1) is 13.3. The maximum absolute atomic E-state index is 12.9. The predicted molar refractivity (Wildman–Crippen MR) is 110 cm³/mol. The molecule has 1 saturated heterocycles. The number of hydrogen-bond donors (Lipinski definition) is 2. The number of rotatable bonds is 9. The van der Waals surface area contributed by atoms with Crippen LogP contribution in [0.15, 0.2) is 24.3 Å². The van der Waals surface area contributed by atoms with Crippen molar-refractivity contribution >= 4 is 17.5 Å². The van der Waals surface area contributed by atoms with Crippen molar-refractivity contribution in [3.05, 3.63) is 30.1 Å². The van der Waals surface area contributed by atoms with Crippen LogP contribution in [-0.4, -0.2) is 66.9 Å². The van der Waals surface area contributed by atoms with Crippen LogP contribution < -0.4 is 10.6 Å². The Bertz CT molecular complexity index is 628. The Morgan fingerprint density at radius 2 is 1.46 bits per heavy atom. The fourth-order valence-corrected chi connectivity index (χ4v) is 3.22. The summed E-state index contributed by atoms with van der Waals surface area (Å²) in [5.74, 6) is 0.274. The van der Waals surface area contributed by atoms with Gasteiger partial charge in [0.05, 0.1) is 13.1 Å². The predicted octanol–water partition coefficient (Wildman–Crippen LogP) is 2.32. The summed E-state index contributed by atoms with van der Waals surface area (Å²) in [6, 6.07) is 5.94. The molecule has 2 N–H and O–H groups in total. The summed E-state index contributed by atoms with van der Waals surface area (Å²) in [6.07, 6.45) is 2.11. The first-order valence-corrected chi connectivity index (χ1v) is 10.1. The third-order valence-electron chi connectivity index (χ3n) is 4.91. The number of nitrogens with zero attached hydrogens (tertiary/aromatic N) is 2. The zero-order valence-electron chi connectivity index (χ0n) is 17.2. The molecular formula is C21H33FN4O2. The molecule has 1 fully saturated rings. The van der Waals surface area contributed by atoms with Gasteiger partial charge in [-0.25, -0.2) is 4.39 Å². The summed E-state index contributed by atoms with van der Waals surface area (Å²) in [7, 11) is 0. The van der Waals surface area contributed by atoms with Gasteiger partial charge in [0.15, 0.2) is 0 Å². The van der Waals surface area contributed by atoms with E-state index in [0.717, 1.165) is 39.0 Å². The van der Waals surface area contributed by atoms with Crippen LogP contribution >= 0.6 is 0 Å². The van der Waals surface area contributed by atoms with Crippen LogP contribution in [-0.2, 0) is 9.59 Å². The second kappa shape index (κ2) is 11.1. The highest BCUT2D eigenvalue weighted by atomic mass is 19.1. The van der Waals surface area contributed by atoms with E-state index < -0.39 is 0 Å². The number of nitrogens with one attached hydrogen (secondary N) is 2. The number of halogens is 1. The van der Waals surface area contributed by atoms with Crippen molar-refractivity contribution < 1.29 is 14.0 Å². The van der Waals surface area contributed by atoms with Crippen LogP contribution in [0.25, 0.3) is 0 Å². The van der Waals surface area contributed by atoms with Gasteiger partial charge in [-0.1, -0.05) is 13.8 Å². The Morgan fingerprint density at radius 3 is 2.00 bits per heavy atom. The third-order valence-corrected chi connectivity index (χ3v) is 4.91. The van der Waals surface area contributed by atoms with E-state index in [0.29, 0.717) is 24.7 Å². The molecule has 6 nitrogen and oxygen atoms in total. The SMILES string of the molecule is CC(C)CC[C@@H](C)NC(=O)CN1CCN(CC(=O)Nc2ccc(F)cc2)CC1. The summed E-state index contributed by atoms with van der Waals surface area (Å²) in [5.41, 5.74) is 0.591. The van der Waals surface area contributed by atoms with Crippen molar-refractivity contribution in [2.45, 2.75) is 39.7 Å². The lowest BCUT2D eigenvalue weighted by atomic mass is 10.0. The van der Waals surface area contributed by atoms with Gasteiger partial charge in [-0.05, 0) is 49.9 Å². The second-order valence-corrected chi connectivity index (χ2v) is 8.05. The highest BCUT2D eigenvalue weighted by Gasteiger charge is 2.21. The van der Waals surface area contributed by atoms with Crippen LogP contribution in [0, 0.1) is 11.7 Å². The highest BCUT2D eigenvalue weighted by Crippen LogP contribution is 2.09. The van der Waals surface area contributed by atoms with Gasteiger partial charge in [0, 0.05) is 37.9 Å². The number of carbonyl (C=O) groups is 2. The number of carbonyl (C=O) groups excluding carboxylic acids is 2. The molecule has 2 rings (SSSR count). The molecule has 1 aromatic carbocycles. The molecule has 28 heavy (non-hydrogen) atoms. The molecule has 0 saturated carbocycles. The van der Waals surface area contributed by atoms with Gasteiger partial charge < -0.3 is 10.6 Å². The maximum atomic E-state index is 12.9. The topological polar surface area (TPSA) is 64.7 Å². The zero-order valence-corrected chi connectivity index (χ0v) is 17.2. The maximum Gasteiger partial charge on any atom is 0.238 e. The first-order valence-electron chi connectivity index (χ1n) is 10.1. The average Bonchev–Trinajstić information content (AvgIpc) is 2.63. The Balaban J connectivity index is 1.64. The molecule has 0 unspecified atom stereocenters. The summed E-state index contributed by atoms with van der Waals surface area (Å²) < 4.78 is 12.9. The van der Waals surface area contributed by atoms with Crippen molar-refractivity contribution in [2.75, 3.05) is 44.6 Å². The van der Waals surface area contributed by atoms with E-state index in [9.17, 15) is 14.0 Å². The molecule has 0 spiro atoms. The Kier molecular flexibility index (Phi) is 8.86. The van der Waals surface area contributed by atoms with Crippen LogP contribution in [0.2, 0.25) is 0 Å². The molecule has 1 aromatic rings.